The number of hydrogen-bond acceptors (Lipinski definition) is 3. The minimum atomic E-state index is 0.398. The van der Waals surface area contributed by atoms with Crippen LogP contribution in [0.1, 0.15) is 39.5 Å². The van der Waals surface area contributed by atoms with Crippen molar-refractivity contribution in [1.82, 2.24) is 4.90 Å². The van der Waals surface area contributed by atoms with Crippen molar-refractivity contribution >= 4 is 12.6 Å². The number of nitrogens with zero attached hydrogens (tertiary/aromatic N) is 1. The van der Waals surface area contributed by atoms with Gasteiger partial charge in [0.2, 0.25) is 0 Å². The summed E-state index contributed by atoms with van der Waals surface area (Å²) in [6, 6.07) is 0.577. The van der Waals surface area contributed by atoms with Gasteiger partial charge in [0, 0.05) is 19.1 Å². The summed E-state index contributed by atoms with van der Waals surface area (Å²) in [5.74, 6) is 1.05. The van der Waals surface area contributed by atoms with E-state index < -0.39 is 0 Å². The Morgan fingerprint density at radius 1 is 1.31 bits per heavy atom. The predicted molar refractivity (Wildman–Crippen MR) is 71.2 cm³/mol. The quantitative estimate of drug-likeness (QED) is 0.765. The third-order valence-electron chi connectivity index (χ3n) is 4.28. The highest BCUT2D eigenvalue weighted by Gasteiger charge is 2.36. The van der Waals surface area contributed by atoms with Gasteiger partial charge in [0.15, 0.2) is 0 Å². The molecule has 0 amide bonds. The minimum Gasteiger partial charge on any atom is -0.376 e. The summed E-state index contributed by atoms with van der Waals surface area (Å²) in [5.41, 5.74) is 0.494. The monoisotopic (exact) mass is 243 g/mol. The van der Waals surface area contributed by atoms with Gasteiger partial charge in [0.05, 0.1) is 12.7 Å². The smallest absolute Gasteiger partial charge is 0.0674 e. The summed E-state index contributed by atoms with van der Waals surface area (Å²) in [4.78, 5) is 2.62. The first-order valence-corrected chi connectivity index (χ1v) is 7.25. The van der Waals surface area contributed by atoms with E-state index in [1.165, 1.54) is 32.2 Å². The number of hydrogen-bond donors (Lipinski definition) is 1. The van der Waals surface area contributed by atoms with E-state index in [1.54, 1.807) is 0 Å². The van der Waals surface area contributed by atoms with Crippen LogP contribution in [0.2, 0.25) is 0 Å². The van der Waals surface area contributed by atoms with Gasteiger partial charge in [-0.15, -0.1) is 0 Å². The molecule has 1 aliphatic carbocycles. The molecule has 0 aromatic heterocycles. The molecule has 0 N–H and O–H groups in total. The SMILES string of the molecule is CC1CN(CC2(CS)CCCC2)C(C)CO1. The normalized spacial score (nSPS) is 35.4. The maximum Gasteiger partial charge on any atom is 0.0674 e. The van der Waals surface area contributed by atoms with Gasteiger partial charge in [0.25, 0.3) is 0 Å². The maximum absolute atomic E-state index is 5.69. The Morgan fingerprint density at radius 3 is 2.62 bits per heavy atom. The van der Waals surface area contributed by atoms with Crippen LogP contribution >= 0.6 is 12.6 Å². The third kappa shape index (κ3) is 2.74. The second-order valence-electron chi connectivity index (χ2n) is 5.79. The summed E-state index contributed by atoms with van der Waals surface area (Å²) < 4.78 is 5.69. The van der Waals surface area contributed by atoms with Crippen LogP contribution in [0.4, 0.5) is 0 Å². The lowest BCUT2D eigenvalue weighted by atomic mass is 9.87. The molecule has 2 aliphatic rings. The molecule has 1 saturated heterocycles. The minimum absolute atomic E-state index is 0.398. The van der Waals surface area contributed by atoms with E-state index in [2.05, 4.69) is 31.4 Å². The molecule has 3 heteroatoms. The van der Waals surface area contributed by atoms with Gasteiger partial charge < -0.3 is 4.74 Å². The van der Waals surface area contributed by atoms with Gasteiger partial charge >= 0.3 is 0 Å². The Hall–Kier alpha value is 0.270. The molecule has 2 nitrogen and oxygen atoms in total. The van der Waals surface area contributed by atoms with Crippen molar-refractivity contribution in [3.63, 3.8) is 0 Å². The predicted octanol–water partition coefficient (Wildman–Crippen LogP) is 2.59. The molecule has 1 saturated carbocycles. The first kappa shape index (κ1) is 12.7. The van der Waals surface area contributed by atoms with Crippen LogP contribution in [-0.4, -0.2) is 42.5 Å². The van der Waals surface area contributed by atoms with Crippen LogP contribution in [0.5, 0.6) is 0 Å². The Bertz CT molecular complexity index is 228. The first-order chi connectivity index (χ1) is 7.65. The van der Waals surface area contributed by atoms with Crippen LogP contribution < -0.4 is 0 Å². The Kier molecular flexibility index (Phi) is 4.20. The highest BCUT2D eigenvalue weighted by Crippen LogP contribution is 2.40. The molecule has 1 heterocycles. The van der Waals surface area contributed by atoms with E-state index in [1.807, 2.05) is 0 Å². The fourth-order valence-electron chi connectivity index (χ4n) is 3.11. The van der Waals surface area contributed by atoms with E-state index in [0.29, 0.717) is 17.6 Å². The zero-order chi connectivity index (χ0) is 11.6. The molecule has 2 rings (SSSR count). The van der Waals surface area contributed by atoms with E-state index in [4.69, 9.17) is 4.74 Å². The fraction of sp³-hybridized carbons (Fsp3) is 1.00. The zero-order valence-electron chi connectivity index (χ0n) is 10.6. The van der Waals surface area contributed by atoms with Crippen LogP contribution in [0, 0.1) is 5.41 Å². The van der Waals surface area contributed by atoms with Crippen molar-refractivity contribution in [2.45, 2.75) is 51.7 Å². The van der Waals surface area contributed by atoms with Crippen molar-refractivity contribution in [2.75, 3.05) is 25.4 Å². The van der Waals surface area contributed by atoms with E-state index in [-0.39, 0.29) is 0 Å². The van der Waals surface area contributed by atoms with Crippen molar-refractivity contribution in [3.05, 3.63) is 0 Å². The molecular formula is C13H25NOS. The van der Waals surface area contributed by atoms with Gasteiger partial charge in [-0.05, 0) is 37.9 Å². The van der Waals surface area contributed by atoms with Gasteiger partial charge in [-0.2, -0.15) is 12.6 Å². The molecule has 0 bridgehead atoms. The molecule has 0 spiro atoms. The van der Waals surface area contributed by atoms with Crippen molar-refractivity contribution in [3.8, 4) is 0 Å². The Labute approximate surface area is 105 Å². The average molecular weight is 243 g/mol. The number of morpholine rings is 1. The van der Waals surface area contributed by atoms with Crippen LogP contribution in [0.3, 0.4) is 0 Å². The number of ether oxygens (including phenoxy) is 1. The molecule has 2 atom stereocenters. The van der Waals surface area contributed by atoms with Crippen molar-refractivity contribution < 1.29 is 4.74 Å². The largest absolute Gasteiger partial charge is 0.376 e. The fourth-order valence-corrected chi connectivity index (χ4v) is 3.53. The van der Waals surface area contributed by atoms with E-state index in [9.17, 15) is 0 Å². The number of thiol groups is 1. The van der Waals surface area contributed by atoms with Crippen LogP contribution in [0.25, 0.3) is 0 Å². The summed E-state index contributed by atoms with van der Waals surface area (Å²) in [5, 5.41) is 0. The number of rotatable bonds is 3. The highest BCUT2D eigenvalue weighted by atomic mass is 32.1. The Balaban J connectivity index is 1.96. The first-order valence-electron chi connectivity index (χ1n) is 6.62. The molecule has 0 radical (unpaired) electrons. The molecule has 2 unspecified atom stereocenters. The third-order valence-corrected chi connectivity index (χ3v) is 4.95. The lowest BCUT2D eigenvalue weighted by Gasteiger charge is -2.42. The van der Waals surface area contributed by atoms with Crippen molar-refractivity contribution in [2.24, 2.45) is 5.41 Å². The van der Waals surface area contributed by atoms with E-state index in [0.717, 1.165) is 18.9 Å². The summed E-state index contributed by atoms with van der Waals surface area (Å²) in [7, 11) is 0. The van der Waals surface area contributed by atoms with Crippen molar-refractivity contribution in [1.29, 1.82) is 0 Å². The molecule has 1 aliphatic heterocycles. The van der Waals surface area contributed by atoms with Crippen LogP contribution in [-0.2, 0) is 4.74 Å². The zero-order valence-corrected chi connectivity index (χ0v) is 11.5. The topological polar surface area (TPSA) is 12.5 Å². The van der Waals surface area contributed by atoms with Gasteiger partial charge in [0.1, 0.15) is 0 Å². The molecular weight excluding hydrogens is 218 g/mol. The lowest BCUT2D eigenvalue weighted by Crippen LogP contribution is -2.51. The summed E-state index contributed by atoms with van der Waals surface area (Å²) in [6.45, 7) is 7.68. The molecule has 0 aromatic carbocycles. The molecule has 16 heavy (non-hydrogen) atoms. The molecule has 94 valence electrons. The second-order valence-corrected chi connectivity index (χ2v) is 6.10. The molecule has 2 fully saturated rings. The average Bonchev–Trinajstić information content (AvgIpc) is 2.73. The second kappa shape index (κ2) is 5.28. The van der Waals surface area contributed by atoms with E-state index >= 15 is 0 Å². The van der Waals surface area contributed by atoms with Gasteiger partial charge in [-0.25, -0.2) is 0 Å². The Morgan fingerprint density at radius 2 is 2.00 bits per heavy atom. The molecule has 0 aromatic rings. The summed E-state index contributed by atoms with van der Waals surface area (Å²) >= 11 is 4.60. The standard InChI is InChI=1S/C13H25NOS/c1-11-8-15-12(2)7-14(11)9-13(10-16)5-3-4-6-13/h11-12,16H,3-10H2,1-2H3. The highest BCUT2D eigenvalue weighted by molar-refractivity contribution is 7.80. The van der Waals surface area contributed by atoms with Crippen LogP contribution in [0.15, 0.2) is 0 Å². The van der Waals surface area contributed by atoms with Gasteiger partial charge in [-0.3, -0.25) is 4.90 Å². The van der Waals surface area contributed by atoms with Gasteiger partial charge in [-0.1, -0.05) is 12.8 Å². The maximum atomic E-state index is 5.69. The summed E-state index contributed by atoms with van der Waals surface area (Å²) in [6.07, 6.45) is 5.93. The lowest BCUT2D eigenvalue weighted by molar-refractivity contribution is -0.0606.